The van der Waals surface area contributed by atoms with E-state index in [9.17, 15) is 32.7 Å². The average molecular weight is 699 g/mol. The maximum absolute atomic E-state index is 14.4. The lowest BCUT2D eigenvalue weighted by Crippen LogP contribution is -2.46. The summed E-state index contributed by atoms with van der Waals surface area (Å²) in [6, 6.07) is 4.69. The standard InChI is InChI=1S/C32H30ClF3N8O5/c1-17-15-31(8-11-42(12-9-31)29(48)24-20(45)3-2-10-37-24)23-25(17)43(16-22(46)38-19-4-5-21(32(34,35)36)39-26(19)33)30-40-27(41-44(30)28(23)47)18-6-13-49-14-7-18/h2-6,10,17,45H,7-9,11-16H2,1H3,(H,38,46). The number of anilines is 1. The molecule has 2 N–H and O–H groups in total. The number of fused-ring (bicyclic) bond motifs is 3. The van der Waals surface area contributed by atoms with Gasteiger partial charge in [0.05, 0.1) is 18.9 Å². The number of carbonyl (C=O) groups is 2. The lowest BCUT2D eigenvalue weighted by atomic mass is 9.73. The summed E-state index contributed by atoms with van der Waals surface area (Å²) < 4.78 is 47.7. The van der Waals surface area contributed by atoms with Crippen LogP contribution in [0.4, 0.5) is 18.9 Å². The van der Waals surface area contributed by atoms with Crippen molar-refractivity contribution in [3.8, 4) is 5.75 Å². The van der Waals surface area contributed by atoms with Crippen LogP contribution in [0.25, 0.3) is 11.4 Å². The zero-order valence-electron chi connectivity index (χ0n) is 26.1. The Morgan fingerprint density at radius 1 is 1.18 bits per heavy atom. The molecule has 49 heavy (non-hydrogen) atoms. The molecule has 0 radical (unpaired) electrons. The number of piperidine rings is 1. The number of pyridine rings is 2. The molecule has 1 atom stereocenters. The molecule has 1 saturated heterocycles. The molecule has 13 nitrogen and oxygen atoms in total. The fourth-order valence-electron chi connectivity index (χ4n) is 7.21. The zero-order chi connectivity index (χ0) is 34.7. The largest absolute Gasteiger partial charge is 0.505 e. The fourth-order valence-corrected chi connectivity index (χ4v) is 7.41. The number of hydrogen-bond donors (Lipinski definition) is 2. The Balaban J connectivity index is 1.26. The van der Waals surface area contributed by atoms with Crippen LogP contribution in [0.5, 0.6) is 5.75 Å². The second kappa shape index (κ2) is 12.2. The first-order chi connectivity index (χ1) is 23.4. The molecule has 1 aliphatic carbocycles. The van der Waals surface area contributed by atoms with Crippen LogP contribution in [0, 0.1) is 0 Å². The average Bonchev–Trinajstić information content (AvgIpc) is 3.64. The number of amides is 2. The van der Waals surface area contributed by atoms with E-state index in [1.54, 1.807) is 9.47 Å². The highest BCUT2D eigenvalue weighted by atomic mass is 35.5. The van der Waals surface area contributed by atoms with Crippen LogP contribution < -0.4 is 10.9 Å². The van der Waals surface area contributed by atoms with Crippen LogP contribution >= 0.6 is 11.6 Å². The number of alkyl halides is 3. The Hall–Kier alpha value is -4.83. The smallest absolute Gasteiger partial charge is 0.433 e. The number of carbonyl (C=O) groups excluding carboxylic acids is 2. The summed E-state index contributed by atoms with van der Waals surface area (Å²) >= 11 is 6.02. The monoisotopic (exact) mass is 698 g/mol. The van der Waals surface area contributed by atoms with Crippen molar-refractivity contribution in [2.75, 3.05) is 31.6 Å². The third-order valence-electron chi connectivity index (χ3n) is 9.44. The van der Waals surface area contributed by atoms with Gasteiger partial charge in [0.2, 0.25) is 11.7 Å². The Morgan fingerprint density at radius 2 is 1.96 bits per heavy atom. The summed E-state index contributed by atoms with van der Waals surface area (Å²) in [7, 11) is 0. The number of ether oxygens (including phenoxy) is 1. The van der Waals surface area contributed by atoms with E-state index < -0.39 is 34.3 Å². The number of aromatic nitrogens is 6. The van der Waals surface area contributed by atoms with Gasteiger partial charge in [-0.2, -0.15) is 22.7 Å². The van der Waals surface area contributed by atoms with Crippen molar-refractivity contribution in [1.82, 2.24) is 34.0 Å². The number of nitrogens with one attached hydrogen (secondary N) is 1. The lowest BCUT2D eigenvalue weighted by Gasteiger charge is -2.39. The maximum Gasteiger partial charge on any atom is 0.433 e. The maximum atomic E-state index is 14.4. The van der Waals surface area contributed by atoms with E-state index >= 15 is 0 Å². The van der Waals surface area contributed by atoms with E-state index in [1.165, 1.54) is 22.8 Å². The Bertz CT molecular complexity index is 2090. The number of aromatic hydroxyl groups is 1. The zero-order valence-corrected chi connectivity index (χ0v) is 26.9. The minimum atomic E-state index is -4.71. The lowest BCUT2D eigenvalue weighted by molar-refractivity contribution is -0.141. The van der Waals surface area contributed by atoms with Crippen molar-refractivity contribution in [1.29, 1.82) is 0 Å². The summed E-state index contributed by atoms with van der Waals surface area (Å²) in [5.74, 6) is -1.00. The van der Waals surface area contributed by atoms with Gasteiger partial charge in [-0.1, -0.05) is 24.6 Å². The second-order valence-corrected chi connectivity index (χ2v) is 12.8. The van der Waals surface area contributed by atoms with Crippen LogP contribution in [0.1, 0.15) is 71.8 Å². The Labute approximate surface area is 281 Å². The van der Waals surface area contributed by atoms with E-state index in [4.69, 9.17) is 21.3 Å². The predicted molar refractivity (Wildman–Crippen MR) is 169 cm³/mol. The van der Waals surface area contributed by atoms with Crippen LogP contribution in [0.2, 0.25) is 5.15 Å². The van der Waals surface area contributed by atoms with Crippen molar-refractivity contribution in [2.45, 2.75) is 56.7 Å². The van der Waals surface area contributed by atoms with Crippen LogP contribution in [0.15, 0.2) is 41.3 Å². The fraction of sp³-hybridized carbons (Fsp3) is 0.406. The minimum Gasteiger partial charge on any atom is -0.505 e. The highest BCUT2D eigenvalue weighted by molar-refractivity contribution is 6.32. The molecule has 17 heteroatoms. The van der Waals surface area contributed by atoms with E-state index in [-0.39, 0.29) is 40.9 Å². The molecular formula is C32H30ClF3N8O5. The Kier molecular flexibility index (Phi) is 8.17. The summed E-state index contributed by atoms with van der Waals surface area (Å²) in [4.78, 5) is 54.9. The highest BCUT2D eigenvalue weighted by Crippen LogP contribution is 2.50. The molecule has 1 unspecified atom stereocenters. The van der Waals surface area contributed by atoms with Gasteiger partial charge in [0, 0.05) is 36.0 Å². The van der Waals surface area contributed by atoms with E-state index in [2.05, 4.69) is 20.4 Å². The number of halogens is 4. The molecule has 3 aliphatic rings. The van der Waals surface area contributed by atoms with Crippen molar-refractivity contribution >= 4 is 40.5 Å². The van der Waals surface area contributed by atoms with Crippen LogP contribution in [-0.2, 0) is 27.7 Å². The van der Waals surface area contributed by atoms with E-state index in [0.717, 1.165) is 17.7 Å². The molecule has 0 bridgehead atoms. The van der Waals surface area contributed by atoms with Gasteiger partial charge in [-0.15, -0.1) is 5.10 Å². The molecule has 4 aromatic heterocycles. The molecule has 2 aliphatic heterocycles. The molecule has 1 fully saturated rings. The first-order valence-corrected chi connectivity index (χ1v) is 16.0. The molecule has 0 saturated carbocycles. The van der Waals surface area contributed by atoms with Crippen LogP contribution in [0.3, 0.4) is 0 Å². The third kappa shape index (κ3) is 5.82. The first-order valence-electron chi connectivity index (χ1n) is 15.6. The summed E-state index contributed by atoms with van der Waals surface area (Å²) in [6.45, 7) is 3.02. The van der Waals surface area contributed by atoms with Gasteiger partial charge in [-0.25, -0.2) is 9.97 Å². The third-order valence-corrected chi connectivity index (χ3v) is 9.73. The van der Waals surface area contributed by atoms with Crippen LogP contribution in [-0.4, -0.2) is 77.3 Å². The molecule has 4 aromatic rings. The van der Waals surface area contributed by atoms with Crippen molar-refractivity contribution in [2.24, 2.45) is 0 Å². The number of hydrogen-bond acceptors (Lipinski definition) is 9. The number of rotatable bonds is 5. The molecular weight excluding hydrogens is 669 g/mol. The quantitative estimate of drug-likeness (QED) is 0.292. The number of likely N-dealkylation sites (tertiary alicyclic amines) is 1. The second-order valence-electron chi connectivity index (χ2n) is 12.5. The molecule has 256 valence electrons. The van der Waals surface area contributed by atoms with Gasteiger partial charge in [-0.3, -0.25) is 14.4 Å². The molecule has 0 aromatic carbocycles. The van der Waals surface area contributed by atoms with Crippen molar-refractivity contribution in [3.63, 3.8) is 0 Å². The molecule has 6 heterocycles. The van der Waals surface area contributed by atoms with Gasteiger partial charge in [-0.05, 0) is 61.4 Å². The SMILES string of the molecule is CC1CC2(CCN(C(=O)c3ncccc3O)CC2)c2c1n(CC(=O)Nc1ccc(C(F)(F)F)nc1Cl)c1nc(C3=CCOCC3)nn1c2=O. The van der Waals surface area contributed by atoms with Gasteiger partial charge in [0.1, 0.15) is 18.0 Å². The van der Waals surface area contributed by atoms with E-state index in [0.29, 0.717) is 69.1 Å². The number of nitrogens with zero attached hydrogens (tertiary/aromatic N) is 7. The van der Waals surface area contributed by atoms with Crippen molar-refractivity contribution in [3.05, 3.63) is 80.5 Å². The van der Waals surface area contributed by atoms with Gasteiger partial charge >= 0.3 is 6.18 Å². The summed E-state index contributed by atoms with van der Waals surface area (Å²) in [6.07, 6.45) is 0.523. The predicted octanol–water partition coefficient (Wildman–Crippen LogP) is 4.18. The Morgan fingerprint density at radius 3 is 2.63 bits per heavy atom. The highest BCUT2D eigenvalue weighted by Gasteiger charge is 2.49. The van der Waals surface area contributed by atoms with Crippen molar-refractivity contribution < 1.29 is 32.6 Å². The van der Waals surface area contributed by atoms with Gasteiger partial charge in [0.15, 0.2) is 16.7 Å². The topological polar surface area (TPSA) is 157 Å². The first kappa shape index (κ1) is 32.7. The normalized spacial score (nSPS) is 18.8. The summed E-state index contributed by atoms with van der Waals surface area (Å²) in [5, 5.41) is 16.8. The molecule has 1 spiro atoms. The van der Waals surface area contributed by atoms with E-state index in [1.807, 2.05) is 13.0 Å². The summed E-state index contributed by atoms with van der Waals surface area (Å²) in [5.41, 5.74) is -0.483. The minimum absolute atomic E-state index is 0.0466. The molecule has 7 rings (SSSR count). The van der Waals surface area contributed by atoms with Gasteiger partial charge in [0.25, 0.3) is 11.5 Å². The van der Waals surface area contributed by atoms with Gasteiger partial charge < -0.3 is 24.6 Å². The molecule has 2 amide bonds.